The van der Waals surface area contributed by atoms with Gasteiger partial charge >= 0.3 is 5.97 Å². The van der Waals surface area contributed by atoms with Crippen LogP contribution in [0.2, 0.25) is 5.02 Å². The minimum absolute atomic E-state index is 0.0278. The van der Waals surface area contributed by atoms with Gasteiger partial charge in [-0.3, -0.25) is 14.3 Å². The van der Waals surface area contributed by atoms with Gasteiger partial charge in [-0.1, -0.05) is 11.6 Å². The number of aryl methyl sites for hydroxylation is 1. The van der Waals surface area contributed by atoms with Crippen LogP contribution in [0.15, 0.2) is 51.6 Å². The molecular weight excluding hydrogens is 561 g/mol. The Morgan fingerprint density at radius 2 is 1.88 bits per heavy atom. The molecule has 0 amide bonds. The lowest BCUT2D eigenvalue weighted by molar-refractivity contribution is 0.0695. The first kappa shape index (κ1) is 27.5. The number of fused-ring (bicyclic) bond motifs is 2. The number of hydrogen-bond acceptors (Lipinski definition) is 7. The van der Waals surface area contributed by atoms with Crippen molar-refractivity contribution in [3.63, 3.8) is 0 Å². The summed E-state index contributed by atoms with van der Waals surface area (Å²) in [6.07, 6.45) is 1.29. The predicted octanol–water partition coefficient (Wildman–Crippen LogP) is 4.28. The third-order valence-corrected chi connectivity index (χ3v) is 7.31. The van der Waals surface area contributed by atoms with E-state index in [-0.39, 0.29) is 22.1 Å². The highest BCUT2D eigenvalue weighted by molar-refractivity contribution is 7.80. The second-order valence-electron chi connectivity index (χ2n) is 9.33. The zero-order valence-electron chi connectivity index (χ0n) is 21.3. The van der Waals surface area contributed by atoms with Gasteiger partial charge in [0, 0.05) is 54.7 Å². The number of thiocarbonyl (C=S) groups is 1. The molecule has 0 spiro atoms. The van der Waals surface area contributed by atoms with Gasteiger partial charge < -0.3 is 25.4 Å². The Morgan fingerprint density at radius 3 is 2.52 bits per heavy atom. The largest absolute Gasteiger partial charge is 0.493 e. The molecule has 2 aromatic carbocycles. The maximum atomic E-state index is 15.3. The Bertz CT molecular complexity index is 1760. The Balaban J connectivity index is 1.40. The van der Waals surface area contributed by atoms with Crippen LogP contribution in [0, 0.1) is 5.82 Å². The van der Waals surface area contributed by atoms with Gasteiger partial charge in [-0.25, -0.2) is 9.18 Å². The molecule has 14 heteroatoms. The highest BCUT2D eigenvalue weighted by Gasteiger charge is 2.25. The molecule has 11 nitrogen and oxygen atoms in total. The number of nitrogens with two attached hydrogens (primary N) is 1. The van der Waals surface area contributed by atoms with E-state index in [9.17, 15) is 19.8 Å². The van der Waals surface area contributed by atoms with Gasteiger partial charge in [0.05, 0.1) is 23.4 Å². The number of benzene rings is 2. The molecular formula is C26H25ClFN7O4S. The van der Waals surface area contributed by atoms with Crippen LogP contribution in [-0.4, -0.2) is 61.5 Å². The number of rotatable bonds is 6. The van der Waals surface area contributed by atoms with Crippen molar-refractivity contribution >= 4 is 68.1 Å². The van der Waals surface area contributed by atoms with Crippen LogP contribution in [0.3, 0.4) is 0 Å². The third-order valence-electron chi connectivity index (χ3n) is 6.99. The molecule has 3 heterocycles. The SMILES string of the molecule is CCn1cc(C(=O)O)c(=O)c2cc(F)c(N3CCN(Cn4c(O)c(N=NC(N)=S)c5cc(Cl)ccc54)CC3)cc21. The number of piperazine rings is 1. The van der Waals surface area contributed by atoms with E-state index >= 15 is 4.39 Å². The molecule has 1 fully saturated rings. The molecule has 1 saturated heterocycles. The molecule has 0 radical (unpaired) electrons. The van der Waals surface area contributed by atoms with Crippen molar-refractivity contribution in [2.24, 2.45) is 16.0 Å². The number of carbonyl (C=O) groups is 1. The van der Waals surface area contributed by atoms with E-state index < -0.39 is 22.8 Å². The van der Waals surface area contributed by atoms with Gasteiger partial charge in [0.2, 0.25) is 16.4 Å². The number of carboxylic acid groups (broad SMARTS) is 1. The summed E-state index contributed by atoms with van der Waals surface area (Å²) in [5.74, 6) is -2.06. The molecule has 0 unspecified atom stereocenters. The molecule has 5 rings (SSSR count). The van der Waals surface area contributed by atoms with E-state index in [1.165, 1.54) is 6.20 Å². The van der Waals surface area contributed by atoms with E-state index in [0.717, 1.165) is 6.07 Å². The van der Waals surface area contributed by atoms with Crippen molar-refractivity contribution < 1.29 is 19.4 Å². The van der Waals surface area contributed by atoms with Crippen molar-refractivity contribution in [3.05, 3.63) is 63.2 Å². The van der Waals surface area contributed by atoms with Crippen molar-refractivity contribution in [3.8, 4) is 5.88 Å². The van der Waals surface area contributed by atoms with Crippen molar-refractivity contribution in [2.45, 2.75) is 20.1 Å². The summed E-state index contributed by atoms with van der Waals surface area (Å²) in [7, 11) is 0. The summed E-state index contributed by atoms with van der Waals surface area (Å²) in [5, 5.41) is 29.0. The lowest BCUT2D eigenvalue weighted by Gasteiger charge is -2.36. The Kier molecular flexibility index (Phi) is 7.45. The van der Waals surface area contributed by atoms with Crippen LogP contribution in [0.5, 0.6) is 5.88 Å². The van der Waals surface area contributed by atoms with Crippen LogP contribution in [0.25, 0.3) is 21.8 Å². The summed E-state index contributed by atoms with van der Waals surface area (Å²) in [6, 6.07) is 7.89. The number of pyridine rings is 1. The lowest BCUT2D eigenvalue weighted by atomic mass is 10.1. The normalized spacial score (nSPS) is 14.5. The number of halogens is 2. The number of azo groups is 1. The van der Waals surface area contributed by atoms with Crippen LogP contribution < -0.4 is 16.1 Å². The van der Waals surface area contributed by atoms with E-state index in [1.54, 1.807) is 33.4 Å². The second kappa shape index (κ2) is 10.8. The fourth-order valence-corrected chi connectivity index (χ4v) is 5.24. The first-order valence-corrected chi connectivity index (χ1v) is 13.2. The van der Waals surface area contributed by atoms with Gasteiger partial charge in [0.1, 0.15) is 11.4 Å². The molecule has 1 aliphatic rings. The average molecular weight is 586 g/mol. The average Bonchev–Trinajstić information content (AvgIpc) is 3.17. The predicted molar refractivity (Wildman–Crippen MR) is 154 cm³/mol. The second-order valence-corrected chi connectivity index (χ2v) is 10.2. The van der Waals surface area contributed by atoms with E-state index in [0.29, 0.717) is 66.5 Å². The molecule has 0 aliphatic carbocycles. The van der Waals surface area contributed by atoms with Crippen LogP contribution in [-0.2, 0) is 13.2 Å². The topological polar surface area (TPSA) is 142 Å². The van der Waals surface area contributed by atoms with Gasteiger partial charge in [0.25, 0.3) is 0 Å². The van der Waals surface area contributed by atoms with Crippen LogP contribution in [0.1, 0.15) is 17.3 Å². The van der Waals surface area contributed by atoms with E-state index in [2.05, 4.69) is 15.1 Å². The maximum Gasteiger partial charge on any atom is 0.341 e. The minimum atomic E-state index is -1.35. The van der Waals surface area contributed by atoms with Gasteiger partial charge in [-0.15, -0.1) is 10.2 Å². The highest BCUT2D eigenvalue weighted by atomic mass is 35.5. The summed E-state index contributed by atoms with van der Waals surface area (Å²) < 4.78 is 18.6. The molecule has 0 saturated carbocycles. The number of carboxylic acids is 1. The fourth-order valence-electron chi connectivity index (χ4n) is 5.02. The summed E-state index contributed by atoms with van der Waals surface area (Å²) in [5.41, 5.74) is 6.04. The Labute approximate surface area is 237 Å². The monoisotopic (exact) mass is 585 g/mol. The van der Waals surface area contributed by atoms with Crippen LogP contribution >= 0.6 is 23.8 Å². The molecule has 4 N–H and O–H groups in total. The van der Waals surface area contributed by atoms with Crippen molar-refractivity contribution in [1.82, 2.24) is 14.0 Å². The number of aromatic nitrogens is 2. The summed E-state index contributed by atoms with van der Waals surface area (Å²) in [4.78, 5) is 28.2. The molecule has 0 bridgehead atoms. The van der Waals surface area contributed by atoms with E-state index in [4.69, 9.17) is 29.6 Å². The van der Waals surface area contributed by atoms with Gasteiger partial charge in [0.15, 0.2) is 5.69 Å². The summed E-state index contributed by atoms with van der Waals surface area (Å²) in [6.45, 7) is 4.61. The van der Waals surface area contributed by atoms with Crippen LogP contribution in [0.4, 0.5) is 15.8 Å². The molecule has 4 aromatic rings. The lowest BCUT2D eigenvalue weighted by Crippen LogP contribution is -2.47. The number of nitrogens with zero attached hydrogens (tertiary/aromatic N) is 6. The van der Waals surface area contributed by atoms with Crippen molar-refractivity contribution in [2.75, 3.05) is 31.1 Å². The maximum absolute atomic E-state index is 15.3. The molecule has 0 atom stereocenters. The third kappa shape index (κ3) is 4.98. The molecule has 40 heavy (non-hydrogen) atoms. The fraction of sp³-hybridized carbons (Fsp3) is 0.269. The van der Waals surface area contributed by atoms with E-state index in [1.807, 2.05) is 11.8 Å². The minimum Gasteiger partial charge on any atom is -0.493 e. The Hall–Kier alpha value is -4.07. The quantitative estimate of drug-likeness (QED) is 0.225. The number of anilines is 1. The smallest absolute Gasteiger partial charge is 0.341 e. The first-order valence-electron chi connectivity index (χ1n) is 12.4. The van der Waals surface area contributed by atoms with Crippen molar-refractivity contribution in [1.29, 1.82) is 0 Å². The number of hydrogen-bond donors (Lipinski definition) is 3. The zero-order chi connectivity index (χ0) is 28.7. The molecule has 208 valence electrons. The first-order chi connectivity index (χ1) is 19.1. The van der Waals surface area contributed by atoms with Gasteiger partial charge in [-0.05, 0) is 49.5 Å². The molecule has 1 aliphatic heterocycles. The summed E-state index contributed by atoms with van der Waals surface area (Å²) >= 11 is 10.9. The highest BCUT2D eigenvalue weighted by Crippen LogP contribution is 2.40. The standard InChI is InChI=1S/C26H25ClFN7O4S/c1-2-33-12-17(25(38)39)23(36)16-10-18(28)21(11-20(16)33)34-7-5-32(6-8-34)13-35-19-4-3-14(27)9-15(19)22(24(35)37)30-31-26(29)40/h3-4,9-12,37H,2,5-8,13H2,1H3,(H2,29,40)(H,38,39). The molecule has 2 aromatic heterocycles. The number of aromatic carboxylic acids is 1. The zero-order valence-corrected chi connectivity index (χ0v) is 22.9. The Morgan fingerprint density at radius 1 is 1.15 bits per heavy atom. The van der Waals surface area contributed by atoms with Gasteiger partial charge in [-0.2, -0.15) is 0 Å². The number of aromatic hydroxyl groups is 1.